The minimum absolute atomic E-state index is 0.00779. The summed E-state index contributed by atoms with van der Waals surface area (Å²) in [6.07, 6.45) is 7.78. The fourth-order valence-electron chi connectivity index (χ4n) is 3.39. The molecule has 0 spiro atoms. The highest BCUT2D eigenvalue weighted by Gasteiger charge is 2.22. The lowest BCUT2D eigenvalue weighted by molar-refractivity contribution is -0.117. The first-order valence-corrected chi connectivity index (χ1v) is 8.62. The predicted octanol–water partition coefficient (Wildman–Crippen LogP) is 3.05. The van der Waals surface area contributed by atoms with E-state index >= 15 is 0 Å². The lowest BCUT2D eigenvalue weighted by atomic mass is 10.1. The van der Waals surface area contributed by atoms with E-state index in [1.54, 1.807) is 12.4 Å². The molecule has 4 rings (SSSR count). The highest BCUT2D eigenvalue weighted by atomic mass is 16.2. The Bertz CT molecular complexity index is 890. The van der Waals surface area contributed by atoms with Crippen molar-refractivity contribution in [3.05, 3.63) is 42.9 Å². The van der Waals surface area contributed by atoms with Crippen LogP contribution >= 0.6 is 0 Å². The number of benzene rings is 1. The number of nitrogens with one attached hydrogen (secondary N) is 2. The maximum absolute atomic E-state index is 12.3. The molecule has 0 bridgehead atoms. The molecule has 25 heavy (non-hydrogen) atoms. The van der Waals surface area contributed by atoms with E-state index in [4.69, 9.17) is 0 Å². The molecule has 1 saturated heterocycles. The van der Waals surface area contributed by atoms with Crippen molar-refractivity contribution >= 4 is 22.5 Å². The van der Waals surface area contributed by atoms with Gasteiger partial charge in [0.15, 0.2) is 0 Å². The van der Waals surface area contributed by atoms with E-state index in [-0.39, 0.29) is 5.91 Å². The maximum Gasteiger partial charge on any atom is 0.239 e. The van der Waals surface area contributed by atoms with E-state index < -0.39 is 0 Å². The molecule has 6 nitrogen and oxygen atoms in total. The van der Waals surface area contributed by atoms with E-state index in [1.165, 1.54) is 6.42 Å². The number of fused-ring (bicyclic) bond motifs is 1. The number of nitrogens with zero attached hydrogens (tertiary/aromatic N) is 3. The second kappa shape index (κ2) is 6.64. The van der Waals surface area contributed by atoms with E-state index in [2.05, 4.69) is 38.4 Å². The predicted molar refractivity (Wildman–Crippen MR) is 98.2 cm³/mol. The topological polar surface area (TPSA) is 73.9 Å². The lowest BCUT2D eigenvalue weighted by Crippen LogP contribution is -2.35. The molecule has 0 radical (unpaired) electrons. The van der Waals surface area contributed by atoms with Crippen LogP contribution in [-0.2, 0) is 4.79 Å². The summed E-state index contributed by atoms with van der Waals surface area (Å²) < 4.78 is 0. The fourth-order valence-corrected chi connectivity index (χ4v) is 3.39. The molecular weight excluding hydrogens is 314 g/mol. The highest BCUT2D eigenvalue weighted by molar-refractivity contribution is 5.94. The largest absolute Gasteiger partial charge is 0.310 e. The van der Waals surface area contributed by atoms with E-state index in [0.717, 1.165) is 34.9 Å². The molecule has 1 atom stereocenters. The van der Waals surface area contributed by atoms with Gasteiger partial charge in [0, 0.05) is 29.4 Å². The number of aromatic nitrogens is 3. The van der Waals surface area contributed by atoms with E-state index in [1.807, 2.05) is 24.4 Å². The molecule has 6 heteroatoms. The molecule has 1 fully saturated rings. The molecule has 1 aliphatic rings. The van der Waals surface area contributed by atoms with Crippen LogP contribution < -0.4 is 5.32 Å². The molecule has 2 aromatic heterocycles. The van der Waals surface area contributed by atoms with Gasteiger partial charge in [0.1, 0.15) is 5.82 Å². The standard InChI is InChI=1S/C19H21N5O/c1-13-3-2-6-24(13)12-19(25)23-18-8-16-7-14(17-10-21-22-11-17)4-5-15(16)9-20-18/h4-5,7-11,13H,2-3,6,12H2,1H3,(H,21,22)(H,20,23,25)/t13-/m0/s1. The van der Waals surface area contributed by atoms with Crippen LogP contribution in [-0.4, -0.2) is 45.1 Å². The molecule has 0 saturated carbocycles. The minimum Gasteiger partial charge on any atom is -0.310 e. The highest BCUT2D eigenvalue weighted by Crippen LogP contribution is 2.25. The van der Waals surface area contributed by atoms with Crippen molar-refractivity contribution in [1.29, 1.82) is 0 Å². The number of rotatable bonds is 4. The van der Waals surface area contributed by atoms with Gasteiger partial charge in [-0.1, -0.05) is 12.1 Å². The summed E-state index contributed by atoms with van der Waals surface area (Å²) in [4.78, 5) is 18.9. The molecule has 1 aliphatic heterocycles. The number of carbonyl (C=O) groups is 1. The second-order valence-electron chi connectivity index (χ2n) is 6.63. The second-order valence-corrected chi connectivity index (χ2v) is 6.63. The van der Waals surface area contributed by atoms with E-state index in [0.29, 0.717) is 18.4 Å². The van der Waals surface area contributed by atoms with Crippen molar-refractivity contribution < 1.29 is 4.79 Å². The summed E-state index contributed by atoms with van der Waals surface area (Å²) >= 11 is 0. The van der Waals surface area contributed by atoms with Gasteiger partial charge in [0.25, 0.3) is 0 Å². The zero-order valence-corrected chi connectivity index (χ0v) is 14.2. The van der Waals surface area contributed by atoms with Crippen LogP contribution in [0.3, 0.4) is 0 Å². The Hall–Kier alpha value is -2.73. The SMILES string of the molecule is C[C@H]1CCCN1CC(=O)Nc1cc2cc(-c3cn[nH]c3)ccc2cn1. The van der Waals surface area contributed by atoms with Gasteiger partial charge in [-0.25, -0.2) is 4.98 Å². The van der Waals surface area contributed by atoms with Gasteiger partial charge in [-0.15, -0.1) is 0 Å². The Labute approximate surface area is 146 Å². The van der Waals surface area contributed by atoms with Crippen LogP contribution in [0.25, 0.3) is 21.9 Å². The summed E-state index contributed by atoms with van der Waals surface area (Å²) in [6.45, 7) is 3.59. The zero-order valence-electron chi connectivity index (χ0n) is 14.2. The van der Waals surface area contributed by atoms with Crippen LogP contribution in [0.4, 0.5) is 5.82 Å². The molecular formula is C19H21N5O. The number of amides is 1. The third kappa shape index (κ3) is 3.39. The Morgan fingerprint density at radius 2 is 2.20 bits per heavy atom. The minimum atomic E-state index is -0.00779. The Morgan fingerprint density at radius 1 is 1.28 bits per heavy atom. The van der Waals surface area contributed by atoms with Crippen molar-refractivity contribution in [1.82, 2.24) is 20.1 Å². The molecule has 0 aliphatic carbocycles. The summed E-state index contributed by atoms with van der Waals surface area (Å²) in [7, 11) is 0. The first-order valence-electron chi connectivity index (χ1n) is 8.62. The third-order valence-electron chi connectivity index (χ3n) is 4.86. The quantitative estimate of drug-likeness (QED) is 0.768. The molecule has 1 amide bonds. The average molecular weight is 335 g/mol. The number of carbonyl (C=O) groups excluding carboxylic acids is 1. The van der Waals surface area contributed by atoms with Crippen LogP contribution in [0.15, 0.2) is 42.9 Å². The van der Waals surface area contributed by atoms with Crippen molar-refractivity contribution in [2.45, 2.75) is 25.8 Å². The molecule has 0 unspecified atom stereocenters. The molecule has 2 N–H and O–H groups in total. The van der Waals surface area contributed by atoms with Gasteiger partial charge < -0.3 is 5.32 Å². The van der Waals surface area contributed by atoms with Crippen molar-refractivity contribution in [2.24, 2.45) is 0 Å². The molecule has 128 valence electrons. The summed E-state index contributed by atoms with van der Waals surface area (Å²) in [5.74, 6) is 0.584. The Balaban J connectivity index is 1.52. The van der Waals surface area contributed by atoms with Crippen LogP contribution in [0, 0.1) is 0 Å². The van der Waals surface area contributed by atoms with Crippen LogP contribution in [0.2, 0.25) is 0 Å². The number of aromatic amines is 1. The zero-order chi connectivity index (χ0) is 17.2. The van der Waals surface area contributed by atoms with Gasteiger partial charge in [0.05, 0.1) is 12.7 Å². The van der Waals surface area contributed by atoms with Crippen molar-refractivity contribution in [3.8, 4) is 11.1 Å². The van der Waals surface area contributed by atoms with Gasteiger partial charge in [0.2, 0.25) is 5.91 Å². The fraction of sp³-hybridized carbons (Fsp3) is 0.316. The maximum atomic E-state index is 12.3. The average Bonchev–Trinajstić information content (AvgIpc) is 3.27. The number of hydrogen-bond acceptors (Lipinski definition) is 4. The normalized spacial score (nSPS) is 17.9. The van der Waals surface area contributed by atoms with Gasteiger partial charge in [-0.2, -0.15) is 5.10 Å². The molecule has 3 aromatic rings. The number of H-pyrrole nitrogens is 1. The number of hydrogen-bond donors (Lipinski definition) is 2. The Kier molecular flexibility index (Phi) is 4.19. The first kappa shape index (κ1) is 15.8. The van der Waals surface area contributed by atoms with E-state index in [9.17, 15) is 4.79 Å². The van der Waals surface area contributed by atoms with Gasteiger partial charge in [-0.05, 0) is 49.4 Å². The van der Waals surface area contributed by atoms with Crippen LogP contribution in [0.5, 0.6) is 0 Å². The number of pyridine rings is 1. The summed E-state index contributed by atoms with van der Waals surface area (Å²) in [6, 6.07) is 8.56. The summed E-state index contributed by atoms with van der Waals surface area (Å²) in [5.41, 5.74) is 2.11. The van der Waals surface area contributed by atoms with Crippen molar-refractivity contribution in [2.75, 3.05) is 18.4 Å². The smallest absolute Gasteiger partial charge is 0.239 e. The number of likely N-dealkylation sites (tertiary alicyclic amines) is 1. The Morgan fingerprint density at radius 3 is 2.96 bits per heavy atom. The first-order chi connectivity index (χ1) is 12.2. The molecule has 1 aromatic carbocycles. The lowest BCUT2D eigenvalue weighted by Gasteiger charge is -2.19. The van der Waals surface area contributed by atoms with Crippen LogP contribution in [0.1, 0.15) is 19.8 Å². The van der Waals surface area contributed by atoms with Gasteiger partial charge >= 0.3 is 0 Å². The van der Waals surface area contributed by atoms with Gasteiger partial charge in [-0.3, -0.25) is 14.8 Å². The number of anilines is 1. The monoisotopic (exact) mass is 335 g/mol. The third-order valence-corrected chi connectivity index (χ3v) is 4.86. The summed E-state index contributed by atoms with van der Waals surface area (Å²) in [5, 5.41) is 11.8. The van der Waals surface area contributed by atoms with Crippen molar-refractivity contribution in [3.63, 3.8) is 0 Å². The molecule has 3 heterocycles.